The molecule has 140 valence electrons. The Hall–Kier alpha value is -2.82. The molecule has 2 aromatic heterocycles. The van der Waals surface area contributed by atoms with Crippen LogP contribution in [0.3, 0.4) is 0 Å². The van der Waals surface area contributed by atoms with Gasteiger partial charge in [0.25, 0.3) is 5.91 Å². The monoisotopic (exact) mass is 362 g/mol. The predicted octanol–water partition coefficient (Wildman–Crippen LogP) is 4.45. The number of aromatic nitrogens is 2. The fourth-order valence-corrected chi connectivity index (χ4v) is 3.84. The van der Waals surface area contributed by atoms with Gasteiger partial charge in [0, 0.05) is 30.7 Å². The van der Waals surface area contributed by atoms with Crippen molar-refractivity contribution in [3.8, 4) is 0 Å². The number of imidazole rings is 1. The Morgan fingerprint density at radius 2 is 1.85 bits per heavy atom. The van der Waals surface area contributed by atoms with Crippen molar-refractivity contribution in [1.29, 1.82) is 0 Å². The maximum atomic E-state index is 13.0. The van der Waals surface area contributed by atoms with Gasteiger partial charge in [-0.15, -0.1) is 0 Å². The Morgan fingerprint density at radius 3 is 2.56 bits per heavy atom. The molecule has 5 heteroatoms. The van der Waals surface area contributed by atoms with Crippen molar-refractivity contribution < 1.29 is 4.79 Å². The Kier molecular flexibility index (Phi) is 4.84. The van der Waals surface area contributed by atoms with Crippen LogP contribution in [-0.2, 0) is 6.42 Å². The van der Waals surface area contributed by atoms with Crippen LogP contribution in [0.4, 0.5) is 11.4 Å². The normalized spacial score (nSPS) is 14.5. The third-order valence-corrected chi connectivity index (χ3v) is 5.31. The zero-order valence-electron chi connectivity index (χ0n) is 16.0. The number of carbonyl (C=O) groups excluding carboxylic acids is 1. The maximum Gasteiger partial charge on any atom is 0.274 e. The number of pyridine rings is 1. The highest BCUT2D eigenvalue weighted by Gasteiger charge is 2.19. The van der Waals surface area contributed by atoms with E-state index in [1.54, 1.807) is 0 Å². The second-order valence-electron chi connectivity index (χ2n) is 7.19. The Balaban J connectivity index is 1.57. The van der Waals surface area contributed by atoms with Gasteiger partial charge < -0.3 is 10.2 Å². The van der Waals surface area contributed by atoms with Crippen LogP contribution in [0, 0.1) is 6.92 Å². The van der Waals surface area contributed by atoms with E-state index in [4.69, 9.17) is 0 Å². The zero-order chi connectivity index (χ0) is 18.8. The van der Waals surface area contributed by atoms with Gasteiger partial charge in [-0.3, -0.25) is 9.20 Å². The van der Waals surface area contributed by atoms with Crippen LogP contribution in [0.2, 0.25) is 0 Å². The van der Waals surface area contributed by atoms with E-state index in [2.05, 4.69) is 27.3 Å². The van der Waals surface area contributed by atoms with Crippen LogP contribution in [-0.4, -0.2) is 28.4 Å². The zero-order valence-corrected chi connectivity index (χ0v) is 16.0. The lowest BCUT2D eigenvalue weighted by molar-refractivity contribution is 0.102. The van der Waals surface area contributed by atoms with E-state index in [0.29, 0.717) is 5.69 Å². The molecule has 0 aliphatic carbocycles. The fourth-order valence-electron chi connectivity index (χ4n) is 3.84. The number of piperidine rings is 1. The van der Waals surface area contributed by atoms with Gasteiger partial charge >= 0.3 is 0 Å². The molecule has 4 rings (SSSR count). The molecule has 1 aromatic carbocycles. The first-order valence-electron chi connectivity index (χ1n) is 9.80. The Labute approximate surface area is 160 Å². The van der Waals surface area contributed by atoms with E-state index in [1.165, 1.54) is 24.9 Å². The minimum Gasteiger partial charge on any atom is -0.372 e. The smallest absolute Gasteiger partial charge is 0.274 e. The lowest BCUT2D eigenvalue weighted by Gasteiger charge is -2.28. The molecule has 1 amide bonds. The van der Waals surface area contributed by atoms with E-state index in [9.17, 15) is 4.79 Å². The highest BCUT2D eigenvalue weighted by molar-refractivity contribution is 6.04. The van der Waals surface area contributed by atoms with E-state index in [-0.39, 0.29) is 5.91 Å². The summed E-state index contributed by atoms with van der Waals surface area (Å²) in [6, 6.07) is 12.1. The number of carbonyl (C=O) groups is 1. The average Bonchev–Trinajstić information content (AvgIpc) is 3.09. The van der Waals surface area contributed by atoms with Crippen LogP contribution in [0.25, 0.3) is 5.65 Å². The summed E-state index contributed by atoms with van der Waals surface area (Å²) in [4.78, 5) is 20.1. The highest BCUT2D eigenvalue weighted by Crippen LogP contribution is 2.23. The number of hydrogen-bond acceptors (Lipinski definition) is 3. The van der Waals surface area contributed by atoms with E-state index < -0.39 is 0 Å². The van der Waals surface area contributed by atoms with Crippen LogP contribution >= 0.6 is 0 Å². The molecule has 1 aliphatic rings. The van der Waals surface area contributed by atoms with E-state index >= 15 is 0 Å². The van der Waals surface area contributed by atoms with Gasteiger partial charge in [0.1, 0.15) is 11.3 Å². The van der Waals surface area contributed by atoms with Crippen LogP contribution < -0.4 is 10.2 Å². The Bertz CT molecular complexity index is 952. The van der Waals surface area contributed by atoms with Gasteiger partial charge in [-0.1, -0.05) is 13.0 Å². The molecule has 5 nitrogen and oxygen atoms in total. The molecule has 0 radical (unpaired) electrons. The summed E-state index contributed by atoms with van der Waals surface area (Å²) >= 11 is 0. The first kappa shape index (κ1) is 17.6. The largest absolute Gasteiger partial charge is 0.372 e. The number of hydrogen-bond donors (Lipinski definition) is 1. The molecule has 1 saturated heterocycles. The molecule has 1 fully saturated rings. The third kappa shape index (κ3) is 3.42. The summed E-state index contributed by atoms with van der Waals surface area (Å²) in [6.45, 7) is 6.28. The van der Waals surface area contributed by atoms with Gasteiger partial charge in [0.2, 0.25) is 0 Å². The lowest BCUT2D eigenvalue weighted by atomic mass is 10.1. The molecule has 27 heavy (non-hydrogen) atoms. The first-order valence-corrected chi connectivity index (χ1v) is 9.80. The molecule has 1 aliphatic heterocycles. The molecular formula is C22H26N4O. The fraction of sp³-hybridized carbons (Fsp3) is 0.364. The quantitative estimate of drug-likeness (QED) is 0.746. The minimum atomic E-state index is -0.115. The van der Waals surface area contributed by atoms with Crippen molar-refractivity contribution in [3.05, 3.63) is 59.5 Å². The molecule has 0 unspecified atom stereocenters. The molecule has 0 atom stereocenters. The van der Waals surface area contributed by atoms with Crippen molar-refractivity contribution in [1.82, 2.24) is 9.38 Å². The van der Waals surface area contributed by atoms with Gasteiger partial charge in [-0.2, -0.15) is 0 Å². The summed E-state index contributed by atoms with van der Waals surface area (Å²) < 4.78 is 1.89. The average molecular weight is 362 g/mol. The van der Waals surface area contributed by atoms with Gasteiger partial charge in [-0.25, -0.2) is 4.98 Å². The summed E-state index contributed by atoms with van der Waals surface area (Å²) in [5.74, 6) is -0.115. The standard InChI is InChI=1S/C22H26N4O/c1-3-19-20(26-15-7-8-16(2)21(26)24-19)22(27)23-17-9-11-18(12-10-17)25-13-5-4-6-14-25/h7-12,15H,3-6,13-14H2,1-2H3,(H,23,27). The minimum absolute atomic E-state index is 0.115. The van der Waals surface area contributed by atoms with E-state index in [0.717, 1.165) is 42.1 Å². The molecule has 0 saturated carbocycles. The van der Waals surface area contributed by atoms with Gasteiger partial charge in [0.05, 0.1) is 5.69 Å². The van der Waals surface area contributed by atoms with Crippen molar-refractivity contribution in [2.75, 3.05) is 23.3 Å². The molecule has 0 bridgehead atoms. The number of fused-ring (bicyclic) bond motifs is 1. The van der Waals surface area contributed by atoms with Crippen molar-refractivity contribution in [2.45, 2.75) is 39.5 Å². The van der Waals surface area contributed by atoms with Crippen LogP contribution in [0.1, 0.15) is 47.9 Å². The Morgan fingerprint density at radius 1 is 1.11 bits per heavy atom. The summed E-state index contributed by atoms with van der Waals surface area (Å²) in [5.41, 5.74) is 5.40. The van der Waals surface area contributed by atoms with Crippen molar-refractivity contribution >= 4 is 22.9 Å². The highest BCUT2D eigenvalue weighted by atomic mass is 16.2. The first-order chi connectivity index (χ1) is 13.2. The van der Waals surface area contributed by atoms with Crippen LogP contribution in [0.15, 0.2) is 42.6 Å². The van der Waals surface area contributed by atoms with Gasteiger partial charge in [0.15, 0.2) is 0 Å². The number of nitrogens with zero attached hydrogens (tertiary/aromatic N) is 3. The topological polar surface area (TPSA) is 49.6 Å². The number of amides is 1. The number of anilines is 2. The molecule has 3 aromatic rings. The second-order valence-corrected chi connectivity index (χ2v) is 7.19. The number of aryl methyl sites for hydroxylation is 2. The lowest BCUT2D eigenvalue weighted by Crippen LogP contribution is -2.29. The number of rotatable bonds is 4. The third-order valence-electron chi connectivity index (χ3n) is 5.31. The van der Waals surface area contributed by atoms with Crippen molar-refractivity contribution in [3.63, 3.8) is 0 Å². The maximum absolute atomic E-state index is 13.0. The van der Waals surface area contributed by atoms with Gasteiger partial charge in [-0.05, 0) is 68.5 Å². The van der Waals surface area contributed by atoms with Crippen molar-refractivity contribution in [2.24, 2.45) is 0 Å². The second kappa shape index (κ2) is 7.43. The number of benzene rings is 1. The van der Waals surface area contributed by atoms with E-state index in [1.807, 2.05) is 48.7 Å². The molecule has 3 heterocycles. The predicted molar refractivity (Wildman–Crippen MR) is 110 cm³/mol. The van der Waals surface area contributed by atoms with Crippen LogP contribution in [0.5, 0.6) is 0 Å². The SMILES string of the molecule is CCc1nc2c(C)cccn2c1C(=O)Nc1ccc(N2CCCCC2)cc1. The molecule has 0 spiro atoms. The summed E-state index contributed by atoms with van der Waals surface area (Å²) in [7, 11) is 0. The molecule has 1 N–H and O–H groups in total. The molecular weight excluding hydrogens is 336 g/mol. The summed E-state index contributed by atoms with van der Waals surface area (Å²) in [5, 5.41) is 3.04. The summed E-state index contributed by atoms with van der Waals surface area (Å²) in [6.07, 6.45) is 6.46. The number of nitrogens with one attached hydrogen (secondary N) is 1.